The maximum atomic E-state index is 12.4. The minimum atomic E-state index is -3.41. The molecule has 142 valence electrons. The van der Waals surface area contributed by atoms with Gasteiger partial charge in [-0.05, 0) is 48.7 Å². The maximum Gasteiger partial charge on any atom is 0.255 e. The molecule has 1 aliphatic carbocycles. The third-order valence-corrected chi connectivity index (χ3v) is 5.88. The van der Waals surface area contributed by atoms with Gasteiger partial charge in [0.1, 0.15) is 0 Å². The van der Waals surface area contributed by atoms with Gasteiger partial charge in [-0.3, -0.25) is 9.59 Å². The van der Waals surface area contributed by atoms with Gasteiger partial charge in [0, 0.05) is 23.4 Å². The molecule has 2 aromatic carbocycles. The first-order chi connectivity index (χ1) is 12.6. The molecule has 1 aliphatic rings. The Labute approximate surface area is 162 Å². The summed E-state index contributed by atoms with van der Waals surface area (Å²) >= 11 is 6.21. The first-order valence-electron chi connectivity index (χ1n) is 8.37. The molecule has 0 radical (unpaired) electrons. The minimum Gasteiger partial charge on any atom is -0.326 e. The van der Waals surface area contributed by atoms with E-state index in [1.165, 1.54) is 24.3 Å². The van der Waals surface area contributed by atoms with Crippen molar-refractivity contribution in [3.05, 3.63) is 53.1 Å². The van der Waals surface area contributed by atoms with Gasteiger partial charge in [-0.2, -0.15) is 0 Å². The number of carbonyl (C=O) groups excluding carboxylic acids is 2. The molecule has 0 heterocycles. The Morgan fingerprint density at radius 3 is 2.41 bits per heavy atom. The van der Waals surface area contributed by atoms with Crippen molar-refractivity contribution in [2.24, 2.45) is 11.8 Å². The first kappa shape index (κ1) is 19.4. The van der Waals surface area contributed by atoms with Gasteiger partial charge in [-0.1, -0.05) is 24.6 Å². The number of anilines is 2. The Bertz CT molecular complexity index is 1020. The van der Waals surface area contributed by atoms with Crippen molar-refractivity contribution in [1.82, 2.24) is 0 Å². The Kier molecular flexibility index (Phi) is 5.26. The van der Waals surface area contributed by atoms with E-state index in [0.29, 0.717) is 17.3 Å². The minimum absolute atomic E-state index is 0.0343. The number of amides is 2. The van der Waals surface area contributed by atoms with Gasteiger partial charge in [0.15, 0.2) is 9.84 Å². The van der Waals surface area contributed by atoms with Crippen LogP contribution in [0, 0.1) is 11.8 Å². The zero-order valence-electron chi connectivity index (χ0n) is 14.8. The molecule has 2 amide bonds. The molecule has 0 spiro atoms. The van der Waals surface area contributed by atoms with E-state index in [1.807, 2.05) is 6.92 Å². The third-order valence-electron chi connectivity index (χ3n) is 4.46. The summed E-state index contributed by atoms with van der Waals surface area (Å²) < 4.78 is 23.3. The van der Waals surface area contributed by atoms with Crippen LogP contribution in [0.5, 0.6) is 0 Å². The van der Waals surface area contributed by atoms with E-state index < -0.39 is 15.7 Å². The van der Waals surface area contributed by atoms with Crippen molar-refractivity contribution < 1.29 is 18.0 Å². The van der Waals surface area contributed by atoms with Crippen molar-refractivity contribution >= 4 is 44.6 Å². The summed E-state index contributed by atoms with van der Waals surface area (Å²) in [7, 11) is -3.41. The van der Waals surface area contributed by atoms with E-state index in [9.17, 15) is 18.0 Å². The predicted molar refractivity (Wildman–Crippen MR) is 105 cm³/mol. The standard InChI is InChI=1S/C19H19ClN2O4S/c1-11-8-15(11)19(24)21-13-6-7-17(16(20)10-13)22-18(23)12-4-3-5-14(9-12)27(2,25)26/h3-7,9-11,15H,8H2,1-2H3,(H,21,24)(H,22,23)/t11-,15-/m1/s1. The summed E-state index contributed by atoms with van der Waals surface area (Å²) in [4.78, 5) is 24.5. The van der Waals surface area contributed by atoms with Gasteiger partial charge in [-0.15, -0.1) is 0 Å². The number of hydrogen-bond donors (Lipinski definition) is 2. The highest BCUT2D eigenvalue weighted by Crippen LogP contribution is 2.38. The Morgan fingerprint density at radius 1 is 1.11 bits per heavy atom. The number of sulfone groups is 1. The van der Waals surface area contributed by atoms with Crippen LogP contribution in [-0.2, 0) is 14.6 Å². The molecule has 1 fully saturated rings. The van der Waals surface area contributed by atoms with E-state index in [-0.39, 0.29) is 27.3 Å². The lowest BCUT2D eigenvalue weighted by Crippen LogP contribution is -2.15. The molecular weight excluding hydrogens is 388 g/mol. The number of rotatable bonds is 5. The highest BCUT2D eigenvalue weighted by Gasteiger charge is 2.39. The van der Waals surface area contributed by atoms with Crippen LogP contribution in [-0.4, -0.2) is 26.5 Å². The van der Waals surface area contributed by atoms with Crippen molar-refractivity contribution in [2.45, 2.75) is 18.2 Å². The van der Waals surface area contributed by atoms with E-state index in [0.717, 1.165) is 12.7 Å². The largest absolute Gasteiger partial charge is 0.326 e. The average molecular weight is 407 g/mol. The second-order valence-electron chi connectivity index (χ2n) is 6.76. The molecule has 2 aromatic rings. The average Bonchev–Trinajstić information content (AvgIpc) is 3.33. The summed E-state index contributed by atoms with van der Waals surface area (Å²) in [5, 5.41) is 5.73. The lowest BCUT2D eigenvalue weighted by atomic mass is 10.2. The number of benzene rings is 2. The van der Waals surface area contributed by atoms with Crippen LogP contribution in [0.2, 0.25) is 5.02 Å². The summed E-state index contributed by atoms with van der Waals surface area (Å²) in [6.45, 7) is 2.02. The summed E-state index contributed by atoms with van der Waals surface area (Å²) in [5.74, 6) is -0.0639. The number of hydrogen-bond acceptors (Lipinski definition) is 4. The fraction of sp³-hybridized carbons (Fsp3) is 0.263. The molecule has 1 saturated carbocycles. The van der Waals surface area contributed by atoms with Crippen molar-refractivity contribution in [1.29, 1.82) is 0 Å². The first-order valence-corrected chi connectivity index (χ1v) is 10.6. The SMILES string of the molecule is C[C@@H]1C[C@H]1C(=O)Nc1ccc(NC(=O)c2cccc(S(C)(=O)=O)c2)c(Cl)c1. The fourth-order valence-electron chi connectivity index (χ4n) is 2.68. The van der Waals surface area contributed by atoms with E-state index >= 15 is 0 Å². The van der Waals surface area contributed by atoms with Gasteiger partial charge in [0.05, 0.1) is 15.6 Å². The van der Waals surface area contributed by atoms with Gasteiger partial charge in [-0.25, -0.2) is 8.42 Å². The van der Waals surface area contributed by atoms with Crippen LogP contribution >= 0.6 is 11.6 Å². The highest BCUT2D eigenvalue weighted by atomic mass is 35.5. The molecule has 2 N–H and O–H groups in total. The van der Waals surface area contributed by atoms with E-state index in [1.54, 1.807) is 18.2 Å². The summed E-state index contributed by atoms with van der Waals surface area (Å²) in [5.41, 5.74) is 1.12. The van der Waals surface area contributed by atoms with Gasteiger partial charge in [0.2, 0.25) is 5.91 Å². The van der Waals surface area contributed by atoms with Crippen LogP contribution < -0.4 is 10.6 Å². The quantitative estimate of drug-likeness (QED) is 0.793. The number of nitrogens with one attached hydrogen (secondary N) is 2. The molecule has 6 nitrogen and oxygen atoms in total. The lowest BCUT2D eigenvalue weighted by Gasteiger charge is -2.11. The monoisotopic (exact) mass is 406 g/mol. The smallest absolute Gasteiger partial charge is 0.255 e. The van der Waals surface area contributed by atoms with Gasteiger partial charge < -0.3 is 10.6 Å². The van der Waals surface area contributed by atoms with Crippen LogP contribution in [0.3, 0.4) is 0 Å². The molecular formula is C19H19ClN2O4S. The lowest BCUT2D eigenvalue weighted by molar-refractivity contribution is -0.117. The second kappa shape index (κ2) is 7.32. The molecule has 3 rings (SSSR count). The highest BCUT2D eigenvalue weighted by molar-refractivity contribution is 7.90. The summed E-state index contributed by atoms with van der Waals surface area (Å²) in [6.07, 6.45) is 1.97. The molecule has 0 unspecified atom stereocenters. The van der Waals surface area contributed by atoms with Crippen molar-refractivity contribution in [3.8, 4) is 0 Å². The van der Waals surface area contributed by atoms with Crippen molar-refractivity contribution in [2.75, 3.05) is 16.9 Å². The predicted octanol–water partition coefficient (Wildman–Crippen LogP) is 3.59. The Morgan fingerprint density at radius 2 is 1.81 bits per heavy atom. The zero-order valence-corrected chi connectivity index (χ0v) is 16.4. The molecule has 0 aliphatic heterocycles. The molecule has 8 heteroatoms. The Balaban J connectivity index is 1.72. The van der Waals surface area contributed by atoms with Crippen LogP contribution in [0.25, 0.3) is 0 Å². The number of halogens is 1. The normalized spacial score (nSPS) is 18.6. The van der Waals surface area contributed by atoms with E-state index in [2.05, 4.69) is 10.6 Å². The van der Waals surface area contributed by atoms with Crippen LogP contribution in [0.1, 0.15) is 23.7 Å². The molecule has 27 heavy (non-hydrogen) atoms. The van der Waals surface area contributed by atoms with Crippen LogP contribution in [0.4, 0.5) is 11.4 Å². The topological polar surface area (TPSA) is 92.3 Å². The summed E-state index contributed by atoms with van der Waals surface area (Å²) in [6, 6.07) is 10.6. The molecule has 0 aromatic heterocycles. The van der Waals surface area contributed by atoms with E-state index in [4.69, 9.17) is 11.6 Å². The molecule has 0 saturated heterocycles. The fourth-order valence-corrected chi connectivity index (χ4v) is 3.57. The maximum absolute atomic E-state index is 12.4. The molecule has 0 bridgehead atoms. The zero-order chi connectivity index (χ0) is 19.8. The second-order valence-corrected chi connectivity index (χ2v) is 9.18. The van der Waals surface area contributed by atoms with Crippen molar-refractivity contribution in [3.63, 3.8) is 0 Å². The van der Waals surface area contributed by atoms with Gasteiger partial charge >= 0.3 is 0 Å². The van der Waals surface area contributed by atoms with Crippen LogP contribution in [0.15, 0.2) is 47.4 Å². The van der Waals surface area contributed by atoms with Gasteiger partial charge in [0.25, 0.3) is 5.91 Å². The third kappa shape index (κ3) is 4.67. The molecule has 2 atom stereocenters. The Hall–Kier alpha value is -2.38. The number of carbonyl (C=O) groups is 2.